The maximum Gasteiger partial charge on any atom is 0.416 e. The molecule has 1 aromatic carbocycles. The van der Waals surface area contributed by atoms with Crippen molar-refractivity contribution in [3.63, 3.8) is 0 Å². The molecule has 20 heavy (non-hydrogen) atoms. The number of carbonyl (C=O) groups is 1. The first-order valence-corrected chi connectivity index (χ1v) is 5.32. The van der Waals surface area contributed by atoms with E-state index in [1.165, 1.54) is 13.8 Å². The van der Waals surface area contributed by atoms with E-state index in [-0.39, 0.29) is 5.69 Å². The highest BCUT2D eigenvalue weighted by Gasteiger charge is 2.35. The summed E-state index contributed by atoms with van der Waals surface area (Å²) < 4.78 is 37.5. The van der Waals surface area contributed by atoms with E-state index in [4.69, 9.17) is 5.11 Å². The zero-order chi connectivity index (χ0) is 15.7. The van der Waals surface area contributed by atoms with Gasteiger partial charge >= 0.3 is 12.1 Å². The van der Waals surface area contributed by atoms with E-state index in [9.17, 15) is 28.1 Å². The Morgan fingerprint density at radius 3 is 2.30 bits per heavy atom. The number of rotatable bonds is 4. The van der Waals surface area contributed by atoms with Crippen LogP contribution in [0.5, 0.6) is 0 Å². The standard InChI is InChI=1S/C11H11F3N2O4/c1-10(2,9(17)18)15-7-4-3-6(11(12,13)14)5-8(7)16(19)20/h3-5,15H,1-2H3,(H,17,18). The normalized spacial score (nSPS) is 12.1. The number of anilines is 1. The van der Waals surface area contributed by atoms with E-state index in [0.29, 0.717) is 12.1 Å². The Labute approximate surface area is 111 Å². The lowest BCUT2D eigenvalue weighted by molar-refractivity contribution is -0.384. The van der Waals surface area contributed by atoms with Crippen molar-refractivity contribution in [2.75, 3.05) is 5.32 Å². The zero-order valence-corrected chi connectivity index (χ0v) is 10.5. The second-order valence-corrected chi connectivity index (χ2v) is 4.54. The molecule has 0 aliphatic heterocycles. The fourth-order valence-corrected chi connectivity index (χ4v) is 1.35. The molecule has 1 rings (SSSR count). The summed E-state index contributed by atoms with van der Waals surface area (Å²) in [7, 11) is 0. The van der Waals surface area contributed by atoms with Gasteiger partial charge < -0.3 is 10.4 Å². The van der Waals surface area contributed by atoms with E-state index in [1.54, 1.807) is 0 Å². The van der Waals surface area contributed by atoms with Crippen molar-refractivity contribution in [1.82, 2.24) is 0 Å². The van der Waals surface area contributed by atoms with Gasteiger partial charge in [-0.2, -0.15) is 13.2 Å². The van der Waals surface area contributed by atoms with E-state index in [2.05, 4.69) is 5.32 Å². The average molecular weight is 292 g/mol. The Balaban J connectivity index is 3.28. The summed E-state index contributed by atoms with van der Waals surface area (Å²) in [5.41, 5.74) is -3.88. The number of aliphatic carboxylic acids is 1. The van der Waals surface area contributed by atoms with Crippen molar-refractivity contribution >= 4 is 17.3 Å². The summed E-state index contributed by atoms with van der Waals surface area (Å²) in [5, 5.41) is 22.0. The Morgan fingerprint density at radius 2 is 1.90 bits per heavy atom. The van der Waals surface area contributed by atoms with Gasteiger partial charge in [0.2, 0.25) is 0 Å². The smallest absolute Gasteiger partial charge is 0.416 e. The lowest BCUT2D eigenvalue weighted by Gasteiger charge is -2.22. The number of benzene rings is 1. The van der Waals surface area contributed by atoms with Gasteiger partial charge in [-0.25, -0.2) is 4.79 Å². The maximum absolute atomic E-state index is 12.5. The summed E-state index contributed by atoms with van der Waals surface area (Å²) >= 11 is 0. The fourth-order valence-electron chi connectivity index (χ4n) is 1.35. The largest absolute Gasteiger partial charge is 0.480 e. The van der Waals surface area contributed by atoms with Crippen LogP contribution < -0.4 is 5.32 Å². The molecule has 0 saturated heterocycles. The average Bonchev–Trinajstić information content (AvgIpc) is 2.26. The molecular formula is C11H11F3N2O4. The van der Waals surface area contributed by atoms with Gasteiger partial charge in [0.15, 0.2) is 0 Å². The lowest BCUT2D eigenvalue weighted by Crippen LogP contribution is -2.40. The molecule has 110 valence electrons. The molecule has 0 aliphatic rings. The summed E-state index contributed by atoms with van der Waals surface area (Å²) in [6, 6.07) is 1.85. The second kappa shape index (κ2) is 4.99. The molecule has 0 fully saturated rings. The van der Waals surface area contributed by atoms with Crippen molar-refractivity contribution in [3.05, 3.63) is 33.9 Å². The third kappa shape index (κ3) is 3.37. The number of nitrogens with zero attached hydrogens (tertiary/aromatic N) is 1. The van der Waals surface area contributed by atoms with Crippen LogP contribution in [0.15, 0.2) is 18.2 Å². The summed E-state index contributed by atoms with van der Waals surface area (Å²) in [4.78, 5) is 20.7. The zero-order valence-electron chi connectivity index (χ0n) is 10.5. The first kappa shape index (κ1) is 15.7. The van der Waals surface area contributed by atoms with E-state index >= 15 is 0 Å². The highest BCUT2D eigenvalue weighted by molar-refractivity contribution is 5.83. The fraction of sp³-hybridized carbons (Fsp3) is 0.364. The van der Waals surface area contributed by atoms with Crippen LogP contribution in [0.1, 0.15) is 19.4 Å². The molecular weight excluding hydrogens is 281 g/mol. The third-order valence-corrected chi connectivity index (χ3v) is 2.50. The summed E-state index contributed by atoms with van der Waals surface area (Å²) in [6.45, 7) is 2.47. The molecule has 2 N–H and O–H groups in total. The topological polar surface area (TPSA) is 92.5 Å². The van der Waals surface area contributed by atoms with Crippen LogP contribution in [0, 0.1) is 10.1 Å². The number of alkyl halides is 3. The highest BCUT2D eigenvalue weighted by Crippen LogP contribution is 2.35. The molecule has 6 nitrogen and oxygen atoms in total. The van der Waals surface area contributed by atoms with Gasteiger partial charge in [-0.1, -0.05) is 0 Å². The van der Waals surface area contributed by atoms with Gasteiger partial charge in [-0.3, -0.25) is 10.1 Å². The molecule has 0 spiro atoms. The van der Waals surface area contributed by atoms with Gasteiger partial charge in [0.05, 0.1) is 10.5 Å². The number of halogens is 3. The SMILES string of the molecule is CC(C)(Nc1ccc(C(F)(F)F)cc1[N+](=O)[O-])C(=O)O. The van der Waals surface area contributed by atoms with Gasteiger partial charge in [-0.05, 0) is 26.0 Å². The number of carboxylic acid groups (broad SMARTS) is 1. The Morgan fingerprint density at radius 1 is 1.35 bits per heavy atom. The Kier molecular flexibility index (Phi) is 3.92. The number of nitro benzene ring substituents is 1. The minimum atomic E-state index is -4.72. The van der Waals surface area contributed by atoms with Crippen molar-refractivity contribution in [2.24, 2.45) is 0 Å². The molecule has 9 heteroatoms. The Bertz CT molecular complexity index is 555. The van der Waals surface area contributed by atoms with Crippen LogP contribution in [0.25, 0.3) is 0 Å². The number of hydrogen-bond donors (Lipinski definition) is 2. The van der Waals surface area contributed by atoms with Crippen LogP contribution in [-0.2, 0) is 11.0 Å². The number of nitrogens with one attached hydrogen (secondary N) is 1. The van der Waals surface area contributed by atoms with Gasteiger partial charge in [-0.15, -0.1) is 0 Å². The minimum Gasteiger partial charge on any atom is -0.480 e. The van der Waals surface area contributed by atoms with Crippen molar-refractivity contribution in [1.29, 1.82) is 0 Å². The monoisotopic (exact) mass is 292 g/mol. The molecule has 0 amide bonds. The lowest BCUT2D eigenvalue weighted by atomic mass is 10.0. The molecule has 0 atom stereocenters. The molecule has 1 aromatic rings. The van der Waals surface area contributed by atoms with Crippen LogP contribution in [0.2, 0.25) is 0 Å². The van der Waals surface area contributed by atoms with Crippen molar-refractivity contribution < 1.29 is 28.0 Å². The maximum atomic E-state index is 12.5. The third-order valence-electron chi connectivity index (χ3n) is 2.50. The number of carboxylic acids is 1. The minimum absolute atomic E-state index is 0.296. The number of hydrogen-bond acceptors (Lipinski definition) is 4. The predicted octanol–water partition coefficient (Wildman–Crippen LogP) is 2.89. The number of nitro groups is 1. The van der Waals surface area contributed by atoms with Crippen molar-refractivity contribution in [2.45, 2.75) is 25.6 Å². The molecule has 0 saturated carbocycles. The first-order valence-electron chi connectivity index (χ1n) is 5.32. The van der Waals surface area contributed by atoms with Crippen LogP contribution in [-0.4, -0.2) is 21.5 Å². The van der Waals surface area contributed by atoms with E-state index < -0.39 is 33.9 Å². The van der Waals surface area contributed by atoms with Crippen molar-refractivity contribution in [3.8, 4) is 0 Å². The second-order valence-electron chi connectivity index (χ2n) is 4.54. The quantitative estimate of drug-likeness (QED) is 0.657. The van der Waals surface area contributed by atoms with Gasteiger partial charge in [0.25, 0.3) is 5.69 Å². The van der Waals surface area contributed by atoms with Gasteiger partial charge in [0, 0.05) is 6.07 Å². The molecule has 0 aliphatic carbocycles. The predicted molar refractivity (Wildman–Crippen MR) is 63.4 cm³/mol. The van der Waals surface area contributed by atoms with E-state index in [0.717, 1.165) is 6.07 Å². The van der Waals surface area contributed by atoms with Crippen LogP contribution >= 0.6 is 0 Å². The molecule has 0 heterocycles. The molecule has 0 unspecified atom stereocenters. The highest BCUT2D eigenvalue weighted by atomic mass is 19.4. The van der Waals surface area contributed by atoms with Crippen LogP contribution in [0.4, 0.5) is 24.5 Å². The Hall–Kier alpha value is -2.32. The molecule has 0 bridgehead atoms. The van der Waals surface area contributed by atoms with Crippen LogP contribution in [0.3, 0.4) is 0 Å². The summed E-state index contributed by atoms with van der Waals surface area (Å²) in [5.74, 6) is -1.30. The molecule has 0 radical (unpaired) electrons. The summed E-state index contributed by atoms with van der Waals surface area (Å²) in [6.07, 6.45) is -4.72. The molecule has 0 aromatic heterocycles. The first-order chi connectivity index (χ1) is 8.95. The van der Waals surface area contributed by atoms with E-state index in [1.807, 2.05) is 0 Å². The van der Waals surface area contributed by atoms with Gasteiger partial charge in [0.1, 0.15) is 11.2 Å².